The lowest BCUT2D eigenvalue weighted by molar-refractivity contribution is -0.123. The molecule has 1 fully saturated rings. The average Bonchev–Trinajstić information content (AvgIpc) is 3.10. The topological polar surface area (TPSA) is 40.9 Å². The first-order chi connectivity index (χ1) is 8.15. The van der Waals surface area contributed by atoms with Crippen molar-refractivity contribution in [3.8, 4) is 6.07 Å². The fourth-order valence-electron chi connectivity index (χ4n) is 2.35. The summed E-state index contributed by atoms with van der Waals surface area (Å²) in [5.74, 6) is 0.234. The predicted octanol–water partition coefficient (Wildman–Crippen LogP) is 3.15. The first-order valence-electron chi connectivity index (χ1n) is 6.13. The number of Topliss-reactive ketones (excluding diaryl/α,β-unsaturated/α-hetero) is 1. The van der Waals surface area contributed by atoms with Gasteiger partial charge in [0, 0.05) is 5.92 Å². The molecule has 0 aromatic heterocycles. The molecular weight excluding hydrogens is 210 g/mol. The highest BCUT2D eigenvalue weighted by Crippen LogP contribution is 2.49. The van der Waals surface area contributed by atoms with Crippen molar-refractivity contribution in [2.24, 2.45) is 17.8 Å². The second-order valence-corrected chi connectivity index (χ2v) is 5.11. The summed E-state index contributed by atoms with van der Waals surface area (Å²) in [5, 5.41) is 9.03. The molecule has 0 saturated heterocycles. The zero-order chi connectivity index (χ0) is 12.4. The molecule has 0 N–H and O–H groups in total. The van der Waals surface area contributed by atoms with E-state index in [0.717, 1.165) is 6.42 Å². The van der Waals surface area contributed by atoms with Crippen molar-refractivity contribution in [1.82, 2.24) is 0 Å². The van der Waals surface area contributed by atoms with E-state index in [1.54, 1.807) is 0 Å². The Labute approximate surface area is 102 Å². The summed E-state index contributed by atoms with van der Waals surface area (Å²) >= 11 is 0. The number of hydrogen-bond donors (Lipinski definition) is 0. The molecule has 1 aromatic carbocycles. The molecule has 0 spiro atoms. The second kappa shape index (κ2) is 4.71. The van der Waals surface area contributed by atoms with Crippen LogP contribution in [0.3, 0.4) is 0 Å². The van der Waals surface area contributed by atoms with Crippen molar-refractivity contribution in [3.05, 3.63) is 35.9 Å². The van der Waals surface area contributed by atoms with Crippen LogP contribution in [0.5, 0.6) is 0 Å². The highest BCUT2D eigenvalue weighted by molar-refractivity contribution is 5.89. The van der Waals surface area contributed by atoms with Crippen molar-refractivity contribution >= 4 is 5.78 Å². The first-order valence-corrected chi connectivity index (χ1v) is 6.13. The number of nitriles is 1. The van der Waals surface area contributed by atoms with E-state index in [1.807, 2.05) is 32.0 Å². The third-order valence-electron chi connectivity index (χ3n) is 3.50. The molecule has 1 aliphatic rings. The second-order valence-electron chi connectivity index (χ2n) is 5.11. The SMILES string of the molecule is CC(C)C(C#N)C(=O)C1CC1c1ccccc1. The van der Waals surface area contributed by atoms with Gasteiger partial charge in [0.1, 0.15) is 5.92 Å². The molecule has 0 amide bonds. The van der Waals surface area contributed by atoms with Crippen molar-refractivity contribution in [3.63, 3.8) is 0 Å². The summed E-state index contributed by atoms with van der Waals surface area (Å²) in [5.41, 5.74) is 1.23. The van der Waals surface area contributed by atoms with Gasteiger partial charge in [0.05, 0.1) is 6.07 Å². The molecule has 2 rings (SSSR count). The van der Waals surface area contributed by atoms with E-state index >= 15 is 0 Å². The van der Waals surface area contributed by atoms with Gasteiger partial charge in [0.15, 0.2) is 5.78 Å². The van der Waals surface area contributed by atoms with E-state index in [4.69, 9.17) is 5.26 Å². The Morgan fingerprint density at radius 2 is 2.00 bits per heavy atom. The molecule has 0 radical (unpaired) electrons. The molecule has 2 heteroatoms. The van der Waals surface area contributed by atoms with E-state index in [-0.39, 0.29) is 17.6 Å². The smallest absolute Gasteiger partial charge is 0.153 e. The van der Waals surface area contributed by atoms with Crippen LogP contribution in [-0.4, -0.2) is 5.78 Å². The Balaban J connectivity index is 2.04. The van der Waals surface area contributed by atoms with Gasteiger partial charge in [-0.05, 0) is 23.8 Å². The summed E-state index contributed by atoms with van der Waals surface area (Å²) in [6.45, 7) is 3.87. The molecule has 3 unspecified atom stereocenters. The average molecular weight is 227 g/mol. The van der Waals surface area contributed by atoms with Gasteiger partial charge in [-0.15, -0.1) is 0 Å². The Kier molecular flexibility index (Phi) is 3.28. The highest BCUT2D eigenvalue weighted by atomic mass is 16.1. The molecule has 3 atom stereocenters. The molecule has 0 aliphatic heterocycles. The standard InChI is InChI=1S/C15H17NO/c1-10(2)14(9-16)15(17)13-8-12(13)11-6-4-3-5-7-11/h3-7,10,12-14H,8H2,1-2H3. The predicted molar refractivity (Wildman–Crippen MR) is 66.2 cm³/mol. The maximum atomic E-state index is 12.1. The van der Waals surface area contributed by atoms with Crippen molar-refractivity contribution in [2.45, 2.75) is 26.2 Å². The van der Waals surface area contributed by atoms with Crippen LogP contribution < -0.4 is 0 Å². The highest BCUT2D eigenvalue weighted by Gasteiger charge is 2.46. The van der Waals surface area contributed by atoms with E-state index in [9.17, 15) is 4.79 Å². The summed E-state index contributed by atoms with van der Waals surface area (Å²) in [6, 6.07) is 12.3. The van der Waals surface area contributed by atoms with Gasteiger partial charge in [-0.3, -0.25) is 4.79 Å². The zero-order valence-corrected chi connectivity index (χ0v) is 10.3. The van der Waals surface area contributed by atoms with E-state index < -0.39 is 5.92 Å². The molecular formula is C15H17NO. The molecule has 17 heavy (non-hydrogen) atoms. The van der Waals surface area contributed by atoms with Gasteiger partial charge in [0.25, 0.3) is 0 Å². The third kappa shape index (κ3) is 2.39. The summed E-state index contributed by atoms with van der Waals surface area (Å²) in [4.78, 5) is 12.1. The molecule has 0 bridgehead atoms. The van der Waals surface area contributed by atoms with Crippen molar-refractivity contribution in [2.75, 3.05) is 0 Å². The number of hydrogen-bond acceptors (Lipinski definition) is 2. The van der Waals surface area contributed by atoms with Crippen LogP contribution in [0.15, 0.2) is 30.3 Å². The lowest BCUT2D eigenvalue weighted by Gasteiger charge is -2.11. The first kappa shape index (κ1) is 11.9. The minimum atomic E-state index is -0.436. The Morgan fingerprint density at radius 1 is 1.35 bits per heavy atom. The van der Waals surface area contributed by atoms with E-state index in [1.165, 1.54) is 5.56 Å². The summed E-state index contributed by atoms with van der Waals surface area (Å²) in [7, 11) is 0. The number of nitrogens with zero attached hydrogens (tertiary/aromatic N) is 1. The molecule has 0 heterocycles. The molecule has 88 valence electrons. The quantitative estimate of drug-likeness (QED) is 0.792. The van der Waals surface area contributed by atoms with Gasteiger partial charge in [-0.25, -0.2) is 0 Å². The maximum Gasteiger partial charge on any atom is 0.153 e. The van der Waals surface area contributed by atoms with E-state index in [2.05, 4.69) is 18.2 Å². The number of carbonyl (C=O) groups excluding carboxylic acids is 1. The summed E-state index contributed by atoms with van der Waals surface area (Å²) in [6.07, 6.45) is 0.910. The zero-order valence-electron chi connectivity index (χ0n) is 10.3. The monoisotopic (exact) mass is 227 g/mol. The van der Waals surface area contributed by atoms with Gasteiger partial charge in [-0.2, -0.15) is 5.26 Å². The fourth-order valence-corrected chi connectivity index (χ4v) is 2.35. The number of benzene rings is 1. The minimum absolute atomic E-state index is 0.0736. The van der Waals surface area contributed by atoms with Crippen LogP contribution in [0.4, 0.5) is 0 Å². The van der Waals surface area contributed by atoms with Crippen LogP contribution >= 0.6 is 0 Å². The molecule has 1 aromatic rings. The lowest BCUT2D eigenvalue weighted by Crippen LogP contribution is -2.20. The van der Waals surface area contributed by atoms with Gasteiger partial charge < -0.3 is 0 Å². The normalized spacial score (nSPS) is 24.1. The van der Waals surface area contributed by atoms with Crippen LogP contribution in [0, 0.1) is 29.1 Å². The largest absolute Gasteiger partial charge is 0.298 e. The Hall–Kier alpha value is -1.62. The Morgan fingerprint density at radius 3 is 2.53 bits per heavy atom. The van der Waals surface area contributed by atoms with Gasteiger partial charge in [-0.1, -0.05) is 44.2 Å². The minimum Gasteiger partial charge on any atom is -0.298 e. The Bertz CT molecular complexity index is 444. The van der Waals surface area contributed by atoms with Crippen molar-refractivity contribution in [1.29, 1.82) is 5.26 Å². The van der Waals surface area contributed by atoms with Crippen LogP contribution in [0.1, 0.15) is 31.7 Å². The van der Waals surface area contributed by atoms with Crippen LogP contribution in [0.25, 0.3) is 0 Å². The van der Waals surface area contributed by atoms with E-state index in [0.29, 0.717) is 5.92 Å². The van der Waals surface area contributed by atoms with Crippen LogP contribution in [-0.2, 0) is 4.79 Å². The number of rotatable bonds is 4. The number of ketones is 1. The van der Waals surface area contributed by atoms with Crippen molar-refractivity contribution < 1.29 is 4.79 Å². The van der Waals surface area contributed by atoms with Gasteiger partial charge in [0.2, 0.25) is 0 Å². The fraction of sp³-hybridized carbons (Fsp3) is 0.467. The number of carbonyl (C=O) groups is 1. The molecule has 2 nitrogen and oxygen atoms in total. The lowest BCUT2D eigenvalue weighted by atomic mass is 9.89. The van der Waals surface area contributed by atoms with Crippen LogP contribution in [0.2, 0.25) is 0 Å². The molecule has 1 aliphatic carbocycles. The third-order valence-corrected chi connectivity index (χ3v) is 3.50. The van der Waals surface area contributed by atoms with Gasteiger partial charge >= 0.3 is 0 Å². The maximum absolute atomic E-state index is 12.1. The molecule has 1 saturated carbocycles. The summed E-state index contributed by atoms with van der Waals surface area (Å²) < 4.78 is 0.